The van der Waals surface area contributed by atoms with E-state index < -0.39 is 5.60 Å². The second kappa shape index (κ2) is 6.38. The van der Waals surface area contributed by atoms with E-state index in [9.17, 15) is 5.11 Å². The summed E-state index contributed by atoms with van der Waals surface area (Å²) in [5.41, 5.74) is 2.01. The van der Waals surface area contributed by atoms with Crippen molar-refractivity contribution >= 4 is 15.9 Å². The third kappa shape index (κ3) is 4.30. The van der Waals surface area contributed by atoms with Crippen molar-refractivity contribution in [2.75, 3.05) is 6.54 Å². The number of aryl methyl sites for hydroxylation is 1. The summed E-state index contributed by atoms with van der Waals surface area (Å²) >= 11 is 3.56. The van der Waals surface area contributed by atoms with Crippen LogP contribution in [0.5, 0.6) is 0 Å². The van der Waals surface area contributed by atoms with Gasteiger partial charge in [0.25, 0.3) is 0 Å². The van der Waals surface area contributed by atoms with Crippen molar-refractivity contribution in [3.63, 3.8) is 0 Å². The minimum atomic E-state index is -0.500. The minimum Gasteiger partial charge on any atom is -0.389 e. The second-order valence-electron chi connectivity index (χ2n) is 6.11. The van der Waals surface area contributed by atoms with Gasteiger partial charge in [0.05, 0.1) is 5.60 Å². The average molecular weight is 326 g/mol. The molecule has 1 aromatic carbocycles. The highest BCUT2D eigenvalue weighted by molar-refractivity contribution is 9.10. The van der Waals surface area contributed by atoms with Gasteiger partial charge in [-0.05, 0) is 42.9 Å². The molecule has 106 valence electrons. The number of hydrogen-bond acceptors (Lipinski definition) is 2. The molecule has 2 unspecified atom stereocenters. The smallest absolute Gasteiger partial charge is 0.0774 e. The number of halogens is 1. The summed E-state index contributed by atoms with van der Waals surface area (Å²) in [5, 5.41) is 14.0. The van der Waals surface area contributed by atoms with Crippen LogP contribution >= 0.6 is 15.9 Å². The first-order valence-corrected chi connectivity index (χ1v) is 7.96. The first-order chi connectivity index (χ1) is 8.98. The molecule has 2 rings (SSSR count). The lowest BCUT2D eigenvalue weighted by Crippen LogP contribution is -2.43. The van der Waals surface area contributed by atoms with E-state index in [-0.39, 0.29) is 0 Å². The van der Waals surface area contributed by atoms with Crippen LogP contribution in [0.2, 0.25) is 0 Å². The van der Waals surface area contributed by atoms with Crippen LogP contribution in [0.1, 0.15) is 43.7 Å². The second-order valence-corrected chi connectivity index (χ2v) is 6.97. The SMILES string of the molecule is Cc1ccc(CNCC2(O)CCCC(C)C2)cc1Br. The van der Waals surface area contributed by atoms with Gasteiger partial charge in [-0.15, -0.1) is 0 Å². The highest BCUT2D eigenvalue weighted by Crippen LogP contribution is 2.31. The minimum absolute atomic E-state index is 0.500. The Hall–Kier alpha value is -0.380. The Morgan fingerprint density at radius 3 is 2.95 bits per heavy atom. The van der Waals surface area contributed by atoms with Gasteiger partial charge < -0.3 is 10.4 Å². The van der Waals surface area contributed by atoms with Gasteiger partial charge in [-0.1, -0.05) is 47.8 Å². The van der Waals surface area contributed by atoms with Gasteiger partial charge in [0.1, 0.15) is 0 Å². The molecule has 2 N–H and O–H groups in total. The molecule has 0 bridgehead atoms. The van der Waals surface area contributed by atoms with Crippen molar-refractivity contribution in [2.45, 2.75) is 51.7 Å². The Balaban J connectivity index is 1.84. The molecule has 3 heteroatoms. The number of rotatable bonds is 4. The normalized spacial score (nSPS) is 27.5. The number of benzene rings is 1. The topological polar surface area (TPSA) is 32.3 Å². The summed E-state index contributed by atoms with van der Waals surface area (Å²) < 4.78 is 1.15. The van der Waals surface area contributed by atoms with Crippen molar-refractivity contribution in [3.8, 4) is 0 Å². The zero-order valence-corrected chi connectivity index (χ0v) is 13.5. The van der Waals surface area contributed by atoms with Crippen LogP contribution in [0.3, 0.4) is 0 Å². The Morgan fingerprint density at radius 2 is 2.26 bits per heavy atom. The first kappa shape index (κ1) is 15.0. The molecule has 19 heavy (non-hydrogen) atoms. The predicted molar refractivity (Wildman–Crippen MR) is 83.2 cm³/mol. The van der Waals surface area contributed by atoms with Gasteiger partial charge in [0, 0.05) is 17.6 Å². The van der Waals surface area contributed by atoms with Gasteiger partial charge in [0.2, 0.25) is 0 Å². The molecule has 1 aliphatic carbocycles. The van der Waals surface area contributed by atoms with E-state index in [1.165, 1.54) is 17.5 Å². The molecule has 1 saturated carbocycles. The molecule has 0 saturated heterocycles. The molecule has 1 fully saturated rings. The molecule has 0 aliphatic heterocycles. The van der Waals surface area contributed by atoms with E-state index in [1.807, 2.05) is 0 Å². The highest BCUT2D eigenvalue weighted by Gasteiger charge is 2.31. The monoisotopic (exact) mass is 325 g/mol. The van der Waals surface area contributed by atoms with E-state index in [0.29, 0.717) is 12.5 Å². The Labute approximate surface area is 124 Å². The molecule has 2 nitrogen and oxygen atoms in total. The van der Waals surface area contributed by atoms with Gasteiger partial charge in [0.15, 0.2) is 0 Å². The van der Waals surface area contributed by atoms with E-state index in [4.69, 9.17) is 0 Å². The van der Waals surface area contributed by atoms with Crippen molar-refractivity contribution in [3.05, 3.63) is 33.8 Å². The maximum Gasteiger partial charge on any atom is 0.0774 e. The fraction of sp³-hybridized carbons (Fsp3) is 0.625. The summed E-state index contributed by atoms with van der Waals surface area (Å²) in [5.74, 6) is 0.647. The number of aliphatic hydroxyl groups is 1. The number of nitrogens with one attached hydrogen (secondary N) is 1. The third-order valence-corrected chi connectivity index (χ3v) is 4.94. The average Bonchev–Trinajstić information content (AvgIpc) is 2.33. The molecule has 2 atom stereocenters. The van der Waals surface area contributed by atoms with Crippen LogP contribution in [0.25, 0.3) is 0 Å². The first-order valence-electron chi connectivity index (χ1n) is 7.17. The Kier molecular flexibility index (Phi) is 5.04. The summed E-state index contributed by atoms with van der Waals surface area (Å²) in [6.07, 6.45) is 4.27. The van der Waals surface area contributed by atoms with Gasteiger partial charge in [-0.3, -0.25) is 0 Å². The summed E-state index contributed by atoms with van der Waals surface area (Å²) in [4.78, 5) is 0. The fourth-order valence-corrected chi connectivity index (χ4v) is 3.40. The summed E-state index contributed by atoms with van der Waals surface area (Å²) in [6.45, 7) is 5.84. The quantitative estimate of drug-likeness (QED) is 0.882. The van der Waals surface area contributed by atoms with Crippen LogP contribution in [-0.2, 0) is 6.54 Å². The standard InChI is InChI=1S/C16H24BrNO/c1-12-4-3-7-16(19,9-12)11-18-10-14-6-5-13(2)15(17)8-14/h5-6,8,12,18-19H,3-4,7,9-11H2,1-2H3. The van der Waals surface area contributed by atoms with Crippen LogP contribution < -0.4 is 5.32 Å². The van der Waals surface area contributed by atoms with Crippen LogP contribution in [-0.4, -0.2) is 17.3 Å². The largest absolute Gasteiger partial charge is 0.389 e. The maximum absolute atomic E-state index is 10.5. The molecular weight excluding hydrogens is 302 g/mol. The maximum atomic E-state index is 10.5. The Bertz CT molecular complexity index is 435. The van der Waals surface area contributed by atoms with Crippen molar-refractivity contribution in [1.82, 2.24) is 5.32 Å². The molecule has 0 spiro atoms. The zero-order chi connectivity index (χ0) is 13.9. The number of hydrogen-bond donors (Lipinski definition) is 2. The third-order valence-electron chi connectivity index (χ3n) is 4.09. The molecular formula is C16H24BrNO. The Morgan fingerprint density at radius 1 is 1.47 bits per heavy atom. The van der Waals surface area contributed by atoms with E-state index >= 15 is 0 Å². The molecule has 1 aromatic rings. The van der Waals surface area contributed by atoms with Crippen LogP contribution in [0.4, 0.5) is 0 Å². The lowest BCUT2D eigenvalue weighted by Gasteiger charge is -2.35. The fourth-order valence-electron chi connectivity index (χ4n) is 2.98. The van der Waals surface area contributed by atoms with Gasteiger partial charge >= 0.3 is 0 Å². The van der Waals surface area contributed by atoms with Crippen LogP contribution in [0, 0.1) is 12.8 Å². The van der Waals surface area contributed by atoms with Crippen LogP contribution in [0.15, 0.2) is 22.7 Å². The zero-order valence-electron chi connectivity index (χ0n) is 11.9. The van der Waals surface area contributed by atoms with Crippen molar-refractivity contribution in [1.29, 1.82) is 0 Å². The molecule has 1 aliphatic rings. The molecule has 0 aromatic heterocycles. The van der Waals surface area contributed by atoms with Crippen molar-refractivity contribution in [2.24, 2.45) is 5.92 Å². The van der Waals surface area contributed by atoms with Crippen molar-refractivity contribution < 1.29 is 5.11 Å². The molecule has 0 radical (unpaired) electrons. The lowest BCUT2D eigenvalue weighted by atomic mass is 9.79. The summed E-state index contributed by atoms with van der Waals surface area (Å²) in [6, 6.07) is 6.41. The summed E-state index contributed by atoms with van der Waals surface area (Å²) in [7, 11) is 0. The van der Waals surface area contributed by atoms with E-state index in [1.54, 1.807) is 0 Å². The van der Waals surface area contributed by atoms with Gasteiger partial charge in [-0.25, -0.2) is 0 Å². The van der Waals surface area contributed by atoms with E-state index in [2.05, 4.69) is 53.3 Å². The predicted octanol–water partition coefficient (Wildman–Crippen LogP) is 3.79. The van der Waals surface area contributed by atoms with E-state index in [0.717, 1.165) is 30.3 Å². The molecule has 0 heterocycles. The van der Waals surface area contributed by atoms with Gasteiger partial charge in [-0.2, -0.15) is 0 Å². The molecule has 0 amide bonds. The highest BCUT2D eigenvalue weighted by atomic mass is 79.9. The lowest BCUT2D eigenvalue weighted by molar-refractivity contribution is -0.0119.